The summed E-state index contributed by atoms with van der Waals surface area (Å²) in [6, 6.07) is 24.1. The Bertz CT molecular complexity index is 1550. The van der Waals surface area contributed by atoms with E-state index in [1.54, 1.807) is 12.4 Å². The first-order valence-electron chi connectivity index (χ1n) is 10.8. The van der Waals surface area contributed by atoms with E-state index in [4.69, 9.17) is 0 Å². The Morgan fingerprint density at radius 1 is 0.559 bits per heavy atom. The topological polar surface area (TPSA) is 106 Å². The van der Waals surface area contributed by atoms with E-state index in [0.29, 0.717) is 11.6 Å². The highest BCUT2D eigenvalue weighted by atomic mass is 15.4. The highest BCUT2D eigenvalue weighted by Crippen LogP contribution is 2.26. The lowest BCUT2D eigenvalue weighted by atomic mass is 10.2. The molecule has 8 heteroatoms. The third-order valence-corrected chi connectivity index (χ3v) is 5.68. The average Bonchev–Trinajstić information content (AvgIpc) is 3.49. The Labute approximate surface area is 194 Å². The summed E-state index contributed by atoms with van der Waals surface area (Å²) in [5.74, 6) is 1.13. The van der Waals surface area contributed by atoms with Gasteiger partial charge in [-0.2, -0.15) is 10.2 Å². The molecule has 3 aromatic carbocycles. The molecule has 0 radical (unpaired) electrons. The number of rotatable bonds is 6. The Morgan fingerprint density at radius 2 is 0.971 bits per heavy atom. The number of para-hydroxylation sites is 2. The van der Waals surface area contributed by atoms with Gasteiger partial charge < -0.3 is 9.97 Å². The molecule has 0 saturated carbocycles. The molecule has 3 aromatic heterocycles. The fourth-order valence-electron chi connectivity index (χ4n) is 4.00. The number of nitrogens with zero attached hydrogens (tertiary/aromatic N) is 4. The Kier molecular flexibility index (Phi) is 4.93. The van der Waals surface area contributed by atoms with Gasteiger partial charge in [-0.3, -0.25) is 10.9 Å². The van der Waals surface area contributed by atoms with Gasteiger partial charge >= 0.3 is 0 Å². The van der Waals surface area contributed by atoms with Crippen molar-refractivity contribution in [2.24, 2.45) is 10.2 Å². The number of aromatic nitrogens is 4. The molecule has 34 heavy (non-hydrogen) atoms. The van der Waals surface area contributed by atoms with Crippen LogP contribution in [0.25, 0.3) is 32.6 Å². The zero-order chi connectivity index (χ0) is 22.7. The quantitative estimate of drug-likeness (QED) is 0.201. The third kappa shape index (κ3) is 3.63. The normalized spacial score (nSPS) is 11.9. The van der Waals surface area contributed by atoms with Crippen molar-refractivity contribution in [3.05, 3.63) is 96.3 Å². The summed E-state index contributed by atoms with van der Waals surface area (Å²) in [4.78, 5) is 6.49. The van der Waals surface area contributed by atoms with Crippen molar-refractivity contribution < 1.29 is 0 Å². The summed E-state index contributed by atoms with van der Waals surface area (Å²) in [5.41, 5.74) is 10.2. The molecule has 4 N–H and O–H groups in total. The second-order valence-electron chi connectivity index (χ2n) is 7.76. The van der Waals surface area contributed by atoms with Gasteiger partial charge in [0.05, 0.1) is 12.4 Å². The summed E-state index contributed by atoms with van der Waals surface area (Å²) < 4.78 is 0. The highest BCUT2D eigenvalue weighted by Gasteiger charge is 2.08. The molecule has 6 rings (SSSR count). The Morgan fingerprint density at radius 3 is 1.44 bits per heavy atom. The first-order chi connectivity index (χ1) is 16.9. The average molecular weight is 445 g/mol. The minimum atomic E-state index is 0.567. The minimum absolute atomic E-state index is 0.567. The molecule has 3 heterocycles. The largest absolute Gasteiger partial charge is 0.361 e. The van der Waals surface area contributed by atoms with E-state index in [1.165, 1.54) is 0 Å². The number of anilines is 2. The van der Waals surface area contributed by atoms with Crippen molar-refractivity contribution in [1.29, 1.82) is 0 Å². The standard InChI is InChI=1S/C26H20N8/c1-2-10-22-21(9-1)25(31-29-15-17-13-27-23-11-5-3-7-19(17)23)33-34-26(22)32-30-16-18-14-28-24-12-6-4-8-20(18)24/h1-16,27-28H,(H,31,33)(H,32,34)/b29-15+,30-16+. The summed E-state index contributed by atoms with van der Waals surface area (Å²) in [6.45, 7) is 0. The summed E-state index contributed by atoms with van der Waals surface area (Å²) in [6.07, 6.45) is 7.40. The molecular formula is C26H20N8. The molecule has 0 atom stereocenters. The zero-order valence-electron chi connectivity index (χ0n) is 18.0. The molecule has 0 bridgehead atoms. The SMILES string of the molecule is C(=N\Nc1nnc(N/N=C/c2c[nH]c3ccccc23)c2ccccc12)/c1c[nH]c2ccccc12. The van der Waals surface area contributed by atoms with Crippen LogP contribution in [0.2, 0.25) is 0 Å². The summed E-state index contributed by atoms with van der Waals surface area (Å²) in [7, 11) is 0. The molecule has 6 aromatic rings. The molecule has 0 aliphatic rings. The number of aromatic amines is 2. The van der Waals surface area contributed by atoms with Gasteiger partial charge in [-0.15, -0.1) is 10.2 Å². The maximum absolute atomic E-state index is 4.39. The first-order valence-corrected chi connectivity index (χ1v) is 10.8. The van der Waals surface area contributed by atoms with Crippen molar-refractivity contribution in [2.75, 3.05) is 10.9 Å². The zero-order valence-corrected chi connectivity index (χ0v) is 18.0. The number of hydrogen-bond donors (Lipinski definition) is 4. The van der Waals surface area contributed by atoms with Gasteiger partial charge in [-0.25, -0.2) is 0 Å². The lowest BCUT2D eigenvalue weighted by molar-refractivity contribution is 1.03. The van der Waals surface area contributed by atoms with Gasteiger partial charge in [-0.05, 0) is 12.1 Å². The molecule has 164 valence electrons. The fraction of sp³-hybridized carbons (Fsp3) is 0. The van der Waals surface area contributed by atoms with Crippen molar-refractivity contribution >= 4 is 56.6 Å². The molecule has 0 unspecified atom stereocenters. The van der Waals surface area contributed by atoms with Crippen LogP contribution in [0.15, 0.2) is 95.4 Å². The number of nitrogens with one attached hydrogen (secondary N) is 4. The predicted octanol–water partition coefficient (Wildman–Crippen LogP) is 5.48. The van der Waals surface area contributed by atoms with Gasteiger partial charge in [0.2, 0.25) is 0 Å². The molecular weight excluding hydrogens is 424 g/mol. The number of H-pyrrole nitrogens is 2. The van der Waals surface area contributed by atoms with E-state index >= 15 is 0 Å². The van der Waals surface area contributed by atoms with E-state index in [2.05, 4.69) is 53.4 Å². The second-order valence-corrected chi connectivity index (χ2v) is 7.76. The Hall–Kier alpha value is -4.98. The van der Waals surface area contributed by atoms with E-state index in [-0.39, 0.29) is 0 Å². The molecule has 0 aliphatic heterocycles. The summed E-state index contributed by atoms with van der Waals surface area (Å²) in [5, 5.41) is 21.4. The van der Waals surface area contributed by atoms with Gasteiger partial charge in [0.25, 0.3) is 0 Å². The van der Waals surface area contributed by atoms with Gasteiger partial charge in [0, 0.05) is 56.1 Å². The van der Waals surface area contributed by atoms with Crippen molar-refractivity contribution in [3.8, 4) is 0 Å². The van der Waals surface area contributed by atoms with Crippen LogP contribution in [0.3, 0.4) is 0 Å². The molecule has 0 fully saturated rings. The van der Waals surface area contributed by atoms with Crippen molar-refractivity contribution in [2.45, 2.75) is 0 Å². The van der Waals surface area contributed by atoms with Crippen molar-refractivity contribution in [3.63, 3.8) is 0 Å². The van der Waals surface area contributed by atoms with Gasteiger partial charge in [0.1, 0.15) is 0 Å². The third-order valence-electron chi connectivity index (χ3n) is 5.68. The van der Waals surface area contributed by atoms with Crippen LogP contribution in [-0.2, 0) is 0 Å². The summed E-state index contributed by atoms with van der Waals surface area (Å²) >= 11 is 0. The number of hydrogen-bond acceptors (Lipinski definition) is 6. The van der Waals surface area contributed by atoms with E-state index in [0.717, 1.165) is 43.7 Å². The van der Waals surface area contributed by atoms with Crippen LogP contribution < -0.4 is 10.9 Å². The van der Waals surface area contributed by atoms with E-state index in [9.17, 15) is 0 Å². The fourth-order valence-corrected chi connectivity index (χ4v) is 4.00. The lowest BCUT2D eigenvalue weighted by Crippen LogP contribution is -2.01. The maximum Gasteiger partial charge on any atom is 0.176 e. The minimum Gasteiger partial charge on any atom is -0.361 e. The van der Waals surface area contributed by atoms with Crippen LogP contribution in [-0.4, -0.2) is 32.6 Å². The molecule has 0 aliphatic carbocycles. The molecule has 0 amide bonds. The van der Waals surface area contributed by atoms with Crippen LogP contribution >= 0.6 is 0 Å². The van der Waals surface area contributed by atoms with Crippen LogP contribution in [0, 0.1) is 0 Å². The van der Waals surface area contributed by atoms with E-state index < -0.39 is 0 Å². The van der Waals surface area contributed by atoms with Crippen LogP contribution in [0.1, 0.15) is 11.1 Å². The predicted molar refractivity (Wildman–Crippen MR) is 139 cm³/mol. The lowest BCUT2D eigenvalue weighted by Gasteiger charge is -2.07. The number of hydrazone groups is 2. The molecule has 0 spiro atoms. The Balaban J connectivity index is 1.24. The monoisotopic (exact) mass is 444 g/mol. The van der Waals surface area contributed by atoms with Crippen LogP contribution in [0.4, 0.5) is 11.6 Å². The first kappa shape index (κ1) is 19.7. The van der Waals surface area contributed by atoms with Crippen molar-refractivity contribution in [1.82, 2.24) is 20.2 Å². The maximum atomic E-state index is 4.39. The number of benzene rings is 3. The second kappa shape index (κ2) is 8.51. The van der Waals surface area contributed by atoms with E-state index in [1.807, 2.05) is 73.1 Å². The highest BCUT2D eigenvalue weighted by molar-refractivity contribution is 6.02. The number of fused-ring (bicyclic) bond motifs is 3. The van der Waals surface area contributed by atoms with Gasteiger partial charge in [-0.1, -0.05) is 60.7 Å². The smallest absolute Gasteiger partial charge is 0.176 e. The van der Waals surface area contributed by atoms with Crippen LogP contribution in [0.5, 0.6) is 0 Å². The molecule has 8 nitrogen and oxygen atoms in total. The molecule has 0 saturated heterocycles. The van der Waals surface area contributed by atoms with Gasteiger partial charge in [0.15, 0.2) is 11.6 Å².